The molecule has 0 aliphatic carbocycles. The van der Waals surface area contributed by atoms with Gasteiger partial charge in [0.1, 0.15) is 11.4 Å². The van der Waals surface area contributed by atoms with E-state index in [-0.39, 0.29) is 11.8 Å². The number of H-pyrrole nitrogens is 1. The molecule has 0 saturated carbocycles. The Balaban J connectivity index is 1.47. The molecule has 2 aromatic rings. The van der Waals surface area contributed by atoms with E-state index in [2.05, 4.69) is 20.4 Å². The summed E-state index contributed by atoms with van der Waals surface area (Å²) in [5.41, 5.74) is 2.10. The Bertz CT molecular complexity index is 844. The third-order valence-corrected chi connectivity index (χ3v) is 5.14. The minimum atomic E-state index is -0.0756. The van der Waals surface area contributed by atoms with E-state index in [1.807, 2.05) is 31.2 Å². The van der Waals surface area contributed by atoms with Gasteiger partial charge in [0.25, 0.3) is 5.91 Å². The van der Waals surface area contributed by atoms with Crippen LogP contribution >= 0.6 is 0 Å². The highest BCUT2D eigenvalue weighted by Gasteiger charge is 2.24. The van der Waals surface area contributed by atoms with Gasteiger partial charge in [0, 0.05) is 52.0 Å². The van der Waals surface area contributed by atoms with E-state index in [0.717, 1.165) is 23.4 Å². The lowest BCUT2D eigenvalue weighted by molar-refractivity contribution is -0.122. The average Bonchev–Trinajstić information content (AvgIpc) is 3.28. The van der Waals surface area contributed by atoms with Crippen LogP contribution in [0.3, 0.4) is 0 Å². The second-order valence-electron chi connectivity index (χ2n) is 7.39. The van der Waals surface area contributed by atoms with E-state index < -0.39 is 0 Å². The van der Waals surface area contributed by atoms with E-state index in [0.29, 0.717) is 58.2 Å². The molecule has 9 heteroatoms. The summed E-state index contributed by atoms with van der Waals surface area (Å²) in [5.74, 6) is 0.734. The van der Waals surface area contributed by atoms with Crippen LogP contribution in [0.15, 0.2) is 30.3 Å². The quantitative estimate of drug-likeness (QED) is 0.554. The number of aromatic nitrogens is 2. The van der Waals surface area contributed by atoms with Crippen LogP contribution in [-0.2, 0) is 9.53 Å². The van der Waals surface area contributed by atoms with Crippen LogP contribution in [-0.4, -0.2) is 91.4 Å². The smallest absolute Gasteiger partial charge is 0.271 e. The van der Waals surface area contributed by atoms with Crippen LogP contribution < -0.4 is 10.1 Å². The van der Waals surface area contributed by atoms with E-state index in [4.69, 9.17) is 9.47 Å². The Hall–Kier alpha value is -2.91. The Morgan fingerprint density at radius 2 is 1.90 bits per heavy atom. The number of hydrogen-bond acceptors (Lipinski definition) is 6. The molecule has 0 atom stereocenters. The number of benzene rings is 1. The number of rotatable bonds is 10. The van der Waals surface area contributed by atoms with Crippen LogP contribution in [0.25, 0.3) is 11.3 Å². The van der Waals surface area contributed by atoms with Gasteiger partial charge < -0.3 is 19.7 Å². The topological polar surface area (TPSA) is 99.8 Å². The molecule has 0 radical (unpaired) electrons. The molecule has 1 fully saturated rings. The van der Waals surface area contributed by atoms with Gasteiger partial charge in [-0.15, -0.1) is 0 Å². The minimum absolute atomic E-state index is 0.00412. The zero-order chi connectivity index (χ0) is 22.1. The number of carbonyl (C=O) groups excluding carboxylic acids is 2. The number of nitrogens with one attached hydrogen (secondary N) is 2. The molecule has 3 rings (SSSR count). The fourth-order valence-corrected chi connectivity index (χ4v) is 3.45. The zero-order valence-electron chi connectivity index (χ0n) is 18.2. The summed E-state index contributed by atoms with van der Waals surface area (Å²) in [6.45, 7) is 6.64. The van der Waals surface area contributed by atoms with E-state index in [1.54, 1.807) is 18.1 Å². The van der Waals surface area contributed by atoms with Gasteiger partial charge >= 0.3 is 0 Å². The molecule has 2 amide bonds. The second-order valence-corrected chi connectivity index (χ2v) is 7.39. The number of hydrogen-bond donors (Lipinski definition) is 2. The first-order chi connectivity index (χ1) is 15.1. The summed E-state index contributed by atoms with van der Waals surface area (Å²) in [6, 6.07) is 9.41. The number of carbonyl (C=O) groups is 2. The maximum atomic E-state index is 12.8. The van der Waals surface area contributed by atoms with Crippen molar-refractivity contribution >= 4 is 11.8 Å². The average molecular weight is 430 g/mol. The largest absolute Gasteiger partial charge is 0.494 e. The van der Waals surface area contributed by atoms with Crippen molar-refractivity contribution in [3.63, 3.8) is 0 Å². The maximum Gasteiger partial charge on any atom is 0.271 e. The van der Waals surface area contributed by atoms with Gasteiger partial charge in [-0.3, -0.25) is 19.6 Å². The van der Waals surface area contributed by atoms with Crippen molar-refractivity contribution in [3.05, 3.63) is 36.0 Å². The monoisotopic (exact) mass is 429 g/mol. The van der Waals surface area contributed by atoms with E-state index in [9.17, 15) is 9.59 Å². The van der Waals surface area contributed by atoms with Gasteiger partial charge in [-0.25, -0.2) is 0 Å². The standard InChI is InChI=1S/C22H31N5O4/c1-3-31-18-7-5-17(6-8-18)19-15-20(25-24-19)22(29)27-12-10-26(11-13-27)16-21(28)23-9-4-14-30-2/h5-8,15H,3-4,9-14,16H2,1-2H3,(H,23,28)(H,24,25). The van der Waals surface area contributed by atoms with Gasteiger partial charge in [0.15, 0.2) is 0 Å². The van der Waals surface area contributed by atoms with Gasteiger partial charge in [-0.2, -0.15) is 5.10 Å². The van der Waals surface area contributed by atoms with Crippen LogP contribution in [0.2, 0.25) is 0 Å². The second kappa shape index (κ2) is 11.5. The number of amides is 2. The fourth-order valence-electron chi connectivity index (χ4n) is 3.45. The number of nitrogens with zero attached hydrogens (tertiary/aromatic N) is 3. The van der Waals surface area contributed by atoms with Crippen LogP contribution in [0.5, 0.6) is 5.75 Å². The molecule has 1 aromatic heterocycles. The van der Waals surface area contributed by atoms with Crippen molar-refractivity contribution < 1.29 is 19.1 Å². The Labute approximate surface area is 182 Å². The third kappa shape index (κ3) is 6.53. The number of piperazine rings is 1. The van der Waals surface area contributed by atoms with Crippen LogP contribution in [0, 0.1) is 0 Å². The molecule has 31 heavy (non-hydrogen) atoms. The molecule has 0 unspecified atom stereocenters. The SMILES string of the molecule is CCOc1ccc(-c2cc(C(=O)N3CCN(CC(=O)NCCCOC)CC3)[nH]n2)cc1. The number of methoxy groups -OCH3 is 1. The van der Waals surface area contributed by atoms with Gasteiger partial charge in [-0.1, -0.05) is 0 Å². The van der Waals surface area contributed by atoms with Crippen molar-refractivity contribution in [2.75, 3.05) is 59.6 Å². The molecule has 1 saturated heterocycles. The third-order valence-electron chi connectivity index (χ3n) is 5.14. The summed E-state index contributed by atoms with van der Waals surface area (Å²) in [4.78, 5) is 28.7. The van der Waals surface area contributed by atoms with Crippen molar-refractivity contribution in [3.8, 4) is 17.0 Å². The lowest BCUT2D eigenvalue weighted by atomic mass is 10.1. The van der Waals surface area contributed by atoms with Gasteiger partial charge in [0.2, 0.25) is 5.91 Å². The highest BCUT2D eigenvalue weighted by atomic mass is 16.5. The van der Waals surface area contributed by atoms with E-state index in [1.165, 1.54) is 0 Å². The molecular formula is C22H31N5O4. The number of ether oxygens (including phenoxy) is 2. The summed E-state index contributed by atoms with van der Waals surface area (Å²) >= 11 is 0. The Kier molecular flexibility index (Phi) is 8.43. The highest BCUT2D eigenvalue weighted by Crippen LogP contribution is 2.22. The first kappa shape index (κ1) is 22.8. The van der Waals surface area contributed by atoms with Crippen molar-refractivity contribution in [1.82, 2.24) is 25.3 Å². The maximum absolute atomic E-state index is 12.8. The zero-order valence-corrected chi connectivity index (χ0v) is 18.2. The Morgan fingerprint density at radius 3 is 2.58 bits per heavy atom. The molecule has 0 bridgehead atoms. The van der Waals surface area contributed by atoms with Gasteiger partial charge in [-0.05, 0) is 43.7 Å². The summed E-state index contributed by atoms with van der Waals surface area (Å²) < 4.78 is 10.4. The number of aromatic amines is 1. The predicted molar refractivity (Wildman–Crippen MR) is 117 cm³/mol. The van der Waals surface area contributed by atoms with Crippen LogP contribution in [0.1, 0.15) is 23.8 Å². The molecule has 2 N–H and O–H groups in total. The molecule has 0 spiro atoms. The molecule has 2 heterocycles. The first-order valence-corrected chi connectivity index (χ1v) is 10.7. The van der Waals surface area contributed by atoms with E-state index >= 15 is 0 Å². The normalized spacial score (nSPS) is 14.5. The highest BCUT2D eigenvalue weighted by molar-refractivity contribution is 5.93. The first-order valence-electron chi connectivity index (χ1n) is 10.7. The van der Waals surface area contributed by atoms with Gasteiger partial charge in [0.05, 0.1) is 18.8 Å². The summed E-state index contributed by atoms with van der Waals surface area (Å²) in [6.07, 6.45) is 0.799. The lowest BCUT2D eigenvalue weighted by Crippen LogP contribution is -2.51. The summed E-state index contributed by atoms with van der Waals surface area (Å²) in [7, 11) is 1.65. The Morgan fingerprint density at radius 1 is 1.16 bits per heavy atom. The molecule has 1 aliphatic rings. The predicted octanol–water partition coefficient (Wildman–Crippen LogP) is 1.39. The van der Waals surface area contributed by atoms with Crippen molar-refractivity contribution in [1.29, 1.82) is 0 Å². The fraction of sp³-hybridized carbons (Fsp3) is 0.500. The van der Waals surface area contributed by atoms with Crippen LogP contribution in [0.4, 0.5) is 0 Å². The molecule has 9 nitrogen and oxygen atoms in total. The lowest BCUT2D eigenvalue weighted by Gasteiger charge is -2.34. The van der Waals surface area contributed by atoms with Crippen molar-refractivity contribution in [2.45, 2.75) is 13.3 Å². The summed E-state index contributed by atoms with van der Waals surface area (Å²) in [5, 5.41) is 10.0. The molecule has 168 valence electrons. The molecular weight excluding hydrogens is 398 g/mol. The van der Waals surface area contributed by atoms with Crippen molar-refractivity contribution in [2.24, 2.45) is 0 Å². The minimum Gasteiger partial charge on any atom is -0.494 e. The molecule has 1 aromatic carbocycles. The molecule has 1 aliphatic heterocycles.